The average Bonchev–Trinajstić information content (AvgIpc) is 2.45. The lowest BCUT2D eigenvalue weighted by molar-refractivity contribution is -0.137. The molecule has 2 aromatic carbocycles. The Hall–Kier alpha value is -1.56. The predicted molar refractivity (Wildman–Crippen MR) is 87.0 cm³/mol. The quantitative estimate of drug-likeness (QED) is 0.602. The molecule has 0 spiro atoms. The summed E-state index contributed by atoms with van der Waals surface area (Å²) in [6, 6.07) is 16.2. The number of ether oxygens (including phenoxy) is 1. The highest BCUT2D eigenvalue weighted by Gasteiger charge is 2.00. The van der Waals surface area contributed by atoms with E-state index in [1.165, 1.54) is 9.13 Å². The van der Waals surface area contributed by atoms with Gasteiger partial charge in [-0.1, -0.05) is 24.3 Å². The summed E-state index contributed by atoms with van der Waals surface area (Å²) in [7, 11) is 0. The molecule has 0 aromatic heterocycles. The molecule has 0 unspecified atom stereocenters. The van der Waals surface area contributed by atoms with E-state index in [-0.39, 0.29) is 6.42 Å². The Kier molecular flexibility index (Phi) is 5.40. The molecule has 2 rings (SSSR count). The van der Waals surface area contributed by atoms with Crippen LogP contribution in [0.3, 0.4) is 0 Å². The lowest BCUT2D eigenvalue weighted by atomic mass is 10.1. The molecule has 4 heteroatoms. The number of aliphatic carboxylic acids is 1. The third-order valence-electron chi connectivity index (χ3n) is 2.84. The standard InChI is InChI=1S/C16H15IO3/c17-14-7-3-12(4-8-14)13-5-9-15(10-6-13)20-11-1-2-16(18)19/h3-10H,1-2,11H2,(H,18,19). The van der Waals surface area contributed by atoms with Gasteiger partial charge in [-0.15, -0.1) is 0 Å². The Bertz CT molecular complexity index is 561. The predicted octanol–water partition coefficient (Wildman–Crippen LogP) is 4.20. The highest BCUT2D eigenvalue weighted by molar-refractivity contribution is 14.1. The second-order valence-corrected chi connectivity index (χ2v) is 5.62. The molecule has 0 aliphatic carbocycles. The van der Waals surface area contributed by atoms with Crippen molar-refractivity contribution >= 4 is 28.6 Å². The van der Waals surface area contributed by atoms with Crippen LogP contribution in [-0.4, -0.2) is 17.7 Å². The van der Waals surface area contributed by atoms with Gasteiger partial charge in [0.1, 0.15) is 5.75 Å². The first-order valence-corrected chi connectivity index (χ1v) is 7.43. The van der Waals surface area contributed by atoms with E-state index in [9.17, 15) is 4.79 Å². The Morgan fingerprint density at radius 2 is 1.55 bits per heavy atom. The lowest BCUT2D eigenvalue weighted by Gasteiger charge is -2.07. The number of hydrogen-bond donors (Lipinski definition) is 1. The van der Waals surface area contributed by atoms with Crippen LogP contribution in [0.25, 0.3) is 11.1 Å². The van der Waals surface area contributed by atoms with Crippen LogP contribution in [0.4, 0.5) is 0 Å². The number of carboxylic acid groups (broad SMARTS) is 1. The molecular weight excluding hydrogens is 367 g/mol. The SMILES string of the molecule is O=C(O)CCCOc1ccc(-c2ccc(I)cc2)cc1. The minimum absolute atomic E-state index is 0.140. The Morgan fingerprint density at radius 1 is 1.00 bits per heavy atom. The van der Waals surface area contributed by atoms with Crippen molar-refractivity contribution in [1.29, 1.82) is 0 Å². The average molecular weight is 382 g/mol. The number of carboxylic acids is 1. The monoisotopic (exact) mass is 382 g/mol. The fourth-order valence-electron chi connectivity index (χ4n) is 1.80. The van der Waals surface area contributed by atoms with E-state index < -0.39 is 5.97 Å². The summed E-state index contributed by atoms with van der Waals surface area (Å²) in [6.45, 7) is 0.426. The van der Waals surface area contributed by atoms with Crippen LogP contribution in [0, 0.1) is 3.57 Å². The zero-order chi connectivity index (χ0) is 14.4. The van der Waals surface area contributed by atoms with Gasteiger partial charge in [-0.05, 0) is 64.4 Å². The highest BCUT2D eigenvalue weighted by atomic mass is 127. The molecule has 0 heterocycles. The van der Waals surface area contributed by atoms with Crippen molar-refractivity contribution in [2.24, 2.45) is 0 Å². The van der Waals surface area contributed by atoms with Crippen LogP contribution in [0.5, 0.6) is 5.75 Å². The molecule has 0 aliphatic rings. The van der Waals surface area contributed by atoms with E-state index in [4.69, 9.17) is 9.84 Å². The minimum atomic E-state index is -0.789. The third kappa shape index (κ3) is 4.52. The molecule has 0 saturated heterocycles. The lowest BCUT2D eigenvalue weighted by Crippen LogP contribution is -2.01. The van der Waals surface area contributed by atoms with Gasteiger partial charge in [0, 0.05) is 9.99 Å². The molecule has 0 amide bonds. The Labute approximate surface area is 131 Å². The van der Waals surface area contributed by atoms with Gasteiger partial charge in [-0.25, -0.2) is 0 Å². The van der Waals surface area contributed by atoms with Crippen LogP contribution < -0.4 is 4.74 Å². The van der Waals surface area contributed by atoms with Crippen LogP contribution >= 0.6 is 22.6 Å². The number of benzene rings is 2. The second-order valence-electron chi connectivity index (χ2n) is 4.38. The number of halogens is 1. The number of carbonyl (C=O) groups is 1. The van der Waals surface area contributed by atoms with Crippen molar-refractivity contribution in [3.8, 4) is 16.9 Å². The van der Waals surface area contributed by atoms with Crippen molar-refractivity contribution < 1.29 is 14.6 Å². The van der Waals surface area contributed by atoms with Crippen molar-refractivity contribution in [3.05, 3.63) is 52.1 Å². The fraction of sp³-hybridized carbons (Fsp3) is 0.188. The summed E-state index contributed by atoms with van der Waals surface area (Å²) >= 11 is 2.28. The van der Waals surface area contributed by atoms with Gasteiger partial charge in [-0.3, -0.25) is 4.79 Å². The van der Waals surface area contributed by atoms with E-state index >= 15 is 0 Å². The summed E-state index contributed by atoms with van der Waals surface area (Å²) < 4.78 is 6.71. The summed E-state index contributed by atoms with van der Waals surface area (Å²) in [5, 5.41) is 8.54. The molecule has 0 saturated carbocycles. The van der Waals surface area contributed by atoms with Gasteiger partial charge >= 0.3 is 5.97 Å². The topological polar surface area (TPSA) is 46.5 Å². The molecule has 104 valence electrons. The second kappa shape index (κ2) is 7.28. The molecule has 2 aromatic rings. The molecular formula is C16H15IO3. The van der Waals surface area contributed by atoms with Crippen LogP contribution in [0.2, 0.25) is 0 Å². The maximum absolute atomic E-state index is 10.4. The van der Waals surface area contributed by atoms with Crippen molar-refractivity contribution in [3.63, 3.8) is 0 Å². The van der Waals surface area contributed by atoms with E-state index in [2.05, 4.69) is 46.9 Å². The molecule has 0 atom stereocenters. The van der Waals surface area contributed by atoms with E-state index in [0.717, 1.165) is 11.3 Å². The first-order valence-electron chi connectivity index (χ1n) is 6.36. The smallest absolute Gasteiger partial charge is 0.303 e. The fourth-order valence-corrected chi connectivity index (χ4v) is 2.16. The van der Waals surface area contributed by atoms with Crippen molar-refractivity contribution in [2.75, 3.05) is 6.61 Å². The number of rotatable bonds is 6. The van der Waals surface area contributed by atoms with E-state index in [0.29, 0.717) is 13.0 Å². The summed E-state index contributed by atoms with van der Waals surface area (Å²) in [4.78, 5) is 10.4. The van der Waals surface area contributed by atoms with Crippen LogP contribution in [-0.2, 0) is 4.79 Å². The molecule has 3 nitrogen and oxygen atoms in total. The Morgan fingerprint density at radius 3 is 2.10 bits per heavy atom. The van der Waals surface area contributed by atoms with Gasteiger partial charge < -0.3 is 9.84 Å². The Balaban J connectivity index is 1.92. The third-order valence-corrected chi connectivity index (χ3v) is 3.55. The zero-order valence-electron chi connectivity index (χ0n) is 10.9. The zero-order valence-corrected chi connectivity index (χ0v) is 13.0. The first-order chi connectivity index (χ1) is 9.65. The maximum Gasteiger partial charge on any atom is 0.303 e. The molecule has 1 N–H and O–H groups in total. The summed E-state index contributed by atoms with van der Waals surface area (Å²) in [6.07, 6.45) is 0.662. The van der Waals surface area contributed by atoms with Crippen molar-refractivity contribution in [1.82, 2.24) is 0 Å². The maximum atomic E-state index is 10.4. The normalized spacial score (nSPS) is 10.2. The summed E-state index contributed by atoms with van der Waals surface area (Å²) in [5.74, 6) is -0.0210. The van der Waals surface area contributed by atoms with Gasteiger partial charge in [-0.2, -0.15) is 0 Å². The van der Waals surface area contributed by atoms with Gasteiger partial charge in [0.2, 0.25) is 0 Å². The molecule has 0 aliphatic heterocycles. The molecule has 0 fully saturated rings. The van der Waals surface area contributed by atoms with Crippen molar-refractivity contribution in [2.45, 2.75) is 12.8 Å². The van der Waals surface area contributed by atoms with E-state index in [1.807, 2.05) is 24.3 Å². The van der Waals surface area contributed by atoms with Gasteiger partial charge in [0.05, 0.1) is 6.61 Å². The molecule has 0 radical (unpaired) electrons. The van der Waals surface area contributed by atoms with Gasteiger partial charge in [0.25, 0.3) is 0 Å². The minimum Gasteiger partial charge on any atom is -0.494 e. The van der Waals surface area contributed by atoms with Crippen LogP contribution in [0.15, 0.2) is 48.5 Å². The first kappa shape index (κ1) is 14.8. The summed E-state index contributed by atoms with van der Waals surface area (Å²) in [5.41, 5.74) is 2.31. The van der Waals surface area contributed by atoms with Crippen LogP contribution in [0.1, 0.15) is 12.8 Å². The molecule has 20 heavy (non-hydrogen) atoms. The number of hydrogen-bond acceptors (Lipinski definition) is 2. The highest BCUT2D eigenvalue weighted by Crippen LogP contribution is 2.23. The van der Waals surface area contributed by atoms with E-state index in [1.54, 1.807) is 0 Å². The molecule has 0 bridgehead atoms. The largest absolute Gasteiger partial charge is 0.494 e. The van der Waals surface area contributed by atoms with Gasteiger partial charge in [0.15, 0.2) is 0 Å².